The maximum atomic E-state index is 12.4. The molecule has 1 aliphatic heterocycles. The Morgan fingerprint density at radius 2 is 1.67 bits per heavy atom. The van der Waals surface area contributed by atoms with Gasteiger partial charge in [0.1, 0.15) is 0 Å². The van der Waals surface area contributed by atoms with Crippen LogP contribution < -0.4 is 10.0 Å². The molecule has 1 atom stereocenters. The molecule has 2 amide bonds. The zero-order valence-corrected chi connectivity index (χ0v) is 20.2. The number of rotatable bonds is 5. The second kappa shape index (κ2) is 8.81. The van der Waals surface area contributed by atoms with Gasteiger partial charge in [0, 0.05) is 63.1 Å². The van der Waals surface area contributed by atoms with Crippen LogP contribution in [0.4, 0.5) is 10.5 Å². The molecular formula is C19H27KN3O3S. The van der Waals surface area contributed by atoms with Crippen molar-refractivity contribution in [3.8, 4) is 0 Å². The van der Waals surface area contributed by atoms with E-state index >= 15 is 0 Å². The van der Waals surface area contributed by atoms with Crippen LogP contribution in [-0.4, -0.2) is 95.6 Å². The summed E-state index contributed by atoms with van der Waals surface area (Å²) in [5.74, 6) is -0.0502. The van der Waals surface area contributed by atoms with E-state index in [1.165, 1.54) is 22.3 Å². The number of carbonyl (C=O) groups is 1. The fourth-order valence-electron chi connectivity index (χ4n) is 4.49. The zero-order chi connectivity index (χ0) is 18.3. The van der Waals surface area contributed by atoms with Crippen molar-refractivity contribution in [2.75, 3.05) is 24.2 Å². The number of nitrogens with one attached hydrogen (secondary N) is 2. The first-order valence-corrected chi connectivity index (χ1v) is 11.3. The Morgan fingerprint density at radius 3 is 2.19 bits per heavy atom. The van der Waals surface area contributed by atoms with Crippen molar-refractivity contribution in [2.45, 2.75) is 57.9 Å². The second-order valence-electron chi connectivity index (χ2n) is 7.81. The monoisotopic (exact) mass is 416 g/mol. The summed E-state index contributed by atoms with van der Waals surface area (Å²) in [5.41, 5.74) is 5.90. The summed E-state index contributed by atoms with van der Waals surface area (Å²) in [6.45, 7) is 3.77. The molecule has 1 saturated heterocycles. The number of carbonyl (C=O) groups excluding carboxylic acids is 1. The molecule has 1 aromatic carbocycles. The van der Waals surface area contributed by atoms with Crippen LogP contribution in [0.5, 0.6) is 0 Å². The van der Waals surface area contributed by atoms with Crippen molar-refractivity contribution in [2.24, 2.45) is 0 Å². The minimum Gasteiger partial charge on any atom is -0.307 e. The largest absolute Gasteiger partial charge is 0.332 e. The number of fused-ring (bicyclic) bond motifs is 2. The van der Waals surface area contributed by atoms with Crippen LogP contribution in [0.15, 0.2) is 6.07 Å². The smallest absolute Gasteiger partial charge is 0.307 e. The van der Waals surface area contributed by atoms with Gasteiger partial charge >= 0.3 is 6.03 Å². The summed E-state index contributed by atoms with van der Waals surface area (Å²) in [5, 5.41) is 2.89. The van der Waals surface area contributed by atoms with E-state index in [0.29, 0.717) is 0 Å². The minimum atomic E-state index is -3.65. The van der Waals surface area contributed by atoms with E-state index in [-0.39, 0.29) is 63.2 Å². The van der Waals surface area contributed by atoms with Gasteiger partial charge in [-0.05, 0) is 87.2 Å². The van der Waals surface area contributed by atoms with Crippen LogP contribution in [0.25, 0.3) is 0 Å². The third kappa shape index (κ3) is 4.79. The predicted octanol–water partition coefficient (Wildman–Crippen LogP) is 1.83. The van der Waals surface area contributed by atoms with Crippen molar-refractivity contribution in [3.05, 3.63) is 28.3 Å². The van der Waals surface area contributed by atoms with Crippen molar-refractivity contribution in [1.82, 2.24) is 9.62 Å². The first-order valence-electron chi connectivity index (χ1n) is 9.65. The molecule has 0 spiro atoms. The van der Waals surface area contributed by atoms with E-state index in [4.69, 9.17) is 0 Å². The summed E-state index contributed by atoms with van der Waals surface area (Å²) < 4.78 is 26.9. The van der Waals surface area contributed by atoms with E-state index in [1.807, 2.05) is 6.92 Å². The molecule has 1 radical (unpaired) electrons. The van der Waals surface area contributed by atoms with Crippen molar-refractivity contribution < 1.29 is 13.2 Å². The van der Waals surface area contributed by atoms with Gasteiger partial charge in [0.25, 0.3) is 0 Å². The number of anilines is 1. The number of benzene rings is 1. The zero-order valence-electron chi connectivity index (χ0n) is 16.3. The van der Waals surface area contributed by atoms with Crippen LogP contribution in [0.3, 0.4) is 0 Å². The number of hydrogen-bond acceptors (Lipinski definition) is 4. The molecule has 0 bridgehead atoms. The molecule has 1 unspecified atom stereocenters. The molecular weight excluding hydrogens is 389 g/mol. The minimum absolute atomic E-state index is 0. The number of amides is 2. The molecule has 3 aliphatic rings. The molecule has 6 nitrogen and oxygen atoms in total. The van der Waals surface area contributed by atoms with Crippen LogP contribution in [0.2, 0.25) is 0 Å². The molecule has 2 N–H and O–H groups in total. The third-order valence-electron chi connectivity index (χ3n) is 5.93. The Morgan fingerprint density at radius 1 is 1.07 bits per heavy atom. The number of aryl methyl sites for hydroxylation is 2. The first-order chi connectivity index (χ1) is 12.4. The Hall–Kier alpha value is 0.0364. The molecule has 27 heavy (non-hydrogen) atoms. The number of urea groups is 1. The average Bonchev–Trinajstić information content (AvgIpc) is 3.11. The third-order valence-corrected chi connectivity index (χ3v) is 7.35. The van der Waals surface area contributed by atoms with E-state index in [2.05, 4.69) is 21.0 Å². The Bertz CT molecular complexity index is 805. The van der Waals surface area contributed by atoms with Gasteiger partial charge in [-0.1, -0.05) is 6.07 Å². The summed E-state index contributed by atoms with van der Waals surface area (Å²) in [6, 6.07) is 1.59. The molecule has 2 aliphatic carbocycles. The van der Waals surface area contributed by atoms with E-state index in [1.54, 1.807) is 0 Å². The maximum absolute atomic E-state index is 12.4. The summed E-state index contributed by atoms with van der Waals surface area (Å²) in [4.78, 5) is 14.6. The number of likely N-dealkylation sites (tertiary alicyclic amines) is 1. The molecule has 4 rings (SSSR count). The van der Waals surface area contributed by atoms with Crippen LogP contribution >= 0.6 is 0 Å². The number of hydrogen-bond donors (Lipinski definition) is 2. The van der Waals surface area contributed by atoms with E-state index in [9.17, 15) is 13.2 Å². The normalized spacial score (nSPS) is 19.4. The van der Waals surface area contributed by atoms with Crippen molar-refractivity contribution in [3.63, 3.8) is 0 Å². The van der Waals surface area contributed by atoms with E-state index < -0.39 is 16.1 Å². The topological polar surface area (TPSA) is 78.5 Å². The predicted molar refractivity (Wildman–Crippen MR) is 108 cm³/mol. The van der Waals surface area contributed by atoms with Gasteiger partial charge in [-0.2, -0.15) is 0 Å². The van der Waals surface area contributed by atoms with Crippen LogP contribution in [-0.2, 0) is 35.7 Å². The van der Waals surface area contributed by atoms with Gasteiger partial charge in [-0.25, -0.2) is 17.9 Å². The molecule has 8 heteroatoms. The van der Waals surface area contributed by atoms with Gasteiger partial charge in [0.15, 0.2) is 0 Å². The van der Waals surface area contributed by atoms with Crippen molar-refractivity contribution >= 4 is 73.1 Å². The number of nitrogens with zero attached hydrogens (tertiary/aromatic N) is 1. The Kier molecular flexibility index (Phi) is 7.09. The molecule has 143 valence electrons. The quantitative estimate of drug-likeness (QED) is 0.718. The fourth-order valence-corrected chi connectivity index (χ4v) is 5.76. The van der Waals surface area contributed by atoms with Gasteiger partial charge < -0.3 is 5.32 Å². The van der Waals surface area contributed by atoms with E-state index in [0.717, 1.165) is 63.7 Å². The standard InChI is InChI=1S/C19H27N3O3S.K/c1-13(22-9-4-10-22)12-26(24,25)21-19(23)20-18-16-7-2-5-14(16)11-15-6-3-8-17(15)18;/h11,13H,2-10,12H2,1H3,(H2,20,21,23);. The van der Waals surface area contributed by atoms with Gasteiger partial charge in [-0.15, -0.1) is 0 Å². The molecule has 0 saturated carbocycles. The van der Waals surface area contributed by atoms with Crippen molar-refractivity contribution in [1.29, 1.82) is 0 Å². The summed E-state index contributed by atoms with van der Waals surface area (Å²) >= 11 is 0. The first kappa shape index (κ1) is 21.7. The summed E-state index contributed by atoms with van der Waals surface area (Å²) in [6.07, 6.45) is 7.31. The molecule has 0 aromatic heterocycles. The second-order valence-corrected chi connectivity index (χ2v) is 9.58. The Labute approximate surface area is 204 Å². The van der Waals surface area contributed by atoms with Gasteiger partial charge in [-0.3, -0.25) is 4.90 Å². The molecule has 1 fully saturated rings. The fraction of sp³-hybridized carbons (Fsp3) is 0.632. The van der Waals surface area contributed by atoms with Crippen LogP contribution in [0.1, 0.15) is 48.4 Å². The summed E-state index contributed by atoms with van der Waals surface area (Å²) in [7, 11) is -3.65. The van der Waals surface area contributed by atoms with Gasteiger partial charge in [0.2, 0.25) is 10.0 Å². The average molecular weight is 417 g/mol. The van der Waals surface area contributed by atoms with Gasteiger partial charge in [0.05, 0.1) is 5.75 Å². The number of sulfonamides is 1. The molecule has 1 heterocycles. The Balaban J connectivity index is 0.00000210. The SMILES string of the molecule is CC(CS(=O)(=O)NC(=O)Nc1c2c(cc3c1CCC3)CCC2)N1CCC1.[K]. The van der Waals surface area contributed by atoms with Crippen LogP contribution in [0, 0.1) is 0 Å². The molecule has 1 aromatic rings. The maximum Gasteiger partial charge on any atom is 0.332 e.